The summed E-state index contributed by atoms with van der Waals surface area (Å²) < 4.78 is 5.05. The molecule has 1 aromatic rings. The molecule has 1 heterocycles. The number of rotatable bonds is 4. The molecule has 0 aliphatic rings. The Hall–Kier alpha value is -1.29. The Labute approximate surface area is 83.5 Å². The highest BCUT2D eigenvalue weighted by Crippen LogP contribution is 2.05. The topological polar surface area (TPSA) is 68.3 Å². The zero-order chi connectivity index (χ0) is 10.6. The number of carbonyl (C=O) groups excluding carboxylic acids is 1. The van der Waals surface area contributed by atoms with Crippen molar-refractivity contribution in [3.63, 3.8) is 0 Å². The van der Waals surface area contributed by atoms with Gasteiger partial charge in [-0.25, -0.2) is 0 Å². The monoisotopic (exact) mass is 196 g/mol. The van der Waals surface area contributed by atoms with Gasteiger partial charge < -0.3 is 15.5 Å². The molecule has 0 fully saturated rings. The molecule has 14 heavy (non-hydrogen) atoms. The van der Waals surface area contributed by atoms with Crippen LogP contribution in [-0.4, -0.2) is 19.0 Å². The van der Waals surface area contributed by atoms with E-state index < -0.39 is 0 Å². The Bertz CT molecular complexity index is 307. The smallest absolute Gasteiger partial charge is 0.286 e. The molecule has 1 aromatic heterocycles. The van der Waals surface area contributed by atoms with Gasteiger partial charge in [0.05, 0.1) is 6.26 Å². The lowest BCUT2D eigenvalue weighted by atomic mass is 10.2. The molecular weight excluding hydrogens is 180 g/mol. The fourth-order valence-electron chi connectivity index (χ4n) is 0.988. The normalized spacial score (nSPS) is 12.5. The van der Waals surface area contributed by atoms with E-state index in [1.165, 1.54) is 0 Å². The molecule has 1 atom stereocenters. The number of carbonyl (C=O) groups is 1. The Morgan fingerprint density at radius 1 is 1.71 bits per heavy atom. The maximum absolute atomic E-state index is 11.4. The summed E-state index contributed by atoms with van der Waals surface area (Å²) in [5.41, 5.74) is 6.37. The van der Waals surface area contributed by atoms with Crippen molar-refractivity contribution in [3.8, 4) is 0 Å². The summed E-state index contributed by atoms with van der Waals surface area (Å²) in [6.45, 7) is 5.00. The van der Waals surface area contributed by atoms with Gasteiger partial charge in [-0.2, -0.15) is 0 Å². The highest BCUT2D eigenvalue weighted by molar-refractivity contribution is 5.91. The molecule has 0 saturated heterocycles. The van der Waals surface area contributed by atoms with Crippen molar-refractivity contribution in [1.29, 1.82) is 0 Å². The zero-order valence-corrected chi connectivity index (χ0v) is 8.54. The second-order valence-corrected chi connectivity index (χ2v) is 3.54. The van der Waals surface area contributed by atoms with Crippen LogP contribution in [0.2, 0.25) is 0 Å². The first-order chi connectivity index (χ1) is 6.63. The largest absolute Gasteiger partial charge is 0.459 e. The number of furan rings is 1. The van der Waals surface area contributed by atoms with Gasteiger partial charge in [-0.05, 0) is 31.0 Å². The number of nitrogens with one attached hydrogen (secondary N) is 1. The van der Waals surface area contributed by atoms with Gasteiger partial charge in [0.2, 0.25) is 0 Å². The second kappa shape index (κ2) is 4.81. The van der Waals surface area contributed by atoms with Gasteiger partial charge in [-0.3, -0.25) is 4.79 Å². The van der Waals surface area contributed by atoms with Crippen molar-refractivity contribution < 1.29 is 9.21 Å². The van der Waals surface area contributed by atoms with Crippen LogP contribution in [0.3, 0.4) is 0 Å². The van der Waals surface area contributed by atoms with E-state index in [0.717, 1.165) is 5.56 Å². The van der Waals surface area contributed by atoms with Gasteiger partial charge in [0.1, 0.15) is 0 Å². The highest BCUT2D eigenvalue weighted by atomic mass is 16.3. The summed E-state index contributed by atoms with van der Waals surface area (Å²) in [5, 5.41) is 2.75. The van der Waals surface area contributed by atoms with Crippen molar-refractivity contribution in [1.82, 2.24) is 5.32 Å². The SMILES string of the molecule is Cc1coc(C(=O)NCC(C)CN)c1. The molecule has 0 saturated carbocycles. The third-order valence-corrected chi connectivity index (χ3v) is 1.97. The van der Waals surface area contributed by atoms with Crippen LogP contribution in [0.1, 0.15) is 23.0 Å². The second-order valence-electron chi connectivity index (χ2n) is 3.54. The first kappa shape index (κ1) is 10.8. The van der Waals surface area contributed by atoms with Crippen molar-refractivity contribution in [2.75, 3.05) is 13.1 Å². The van der Waals surface area contributed by atoms with E-state index in [1.54, 1.807) is 12.3 Å². The van der Waals surface area contributed by atoms with E-state index in [-0.39, 0.29) is 11.8 Å². The standard InChI is InChI=1S/C10H16N2O2/c1-7-3-9(14-6-7)10(13)12-5-8(2)4-11/h3,6,8H,4-5,11H2,1-2H3,(H,12,13). The van der Waals surface area contributed by atoms with Gasteiger partial charge in [-0.1, -0.05) is 6.92 Å². The highest BCUT2D eigenvalue weighted by Gasteiger charge is 2.10. The summed E-state index contributed by atoms with van der Waals surface area (Å²) in [4.78, 5) is 11.4. The lowest BCUT2D eigenvalue weighted by molar-refractivity contribution is 0.0921. The summed E-state index contributed by atoms with van der Waals surface area (Å²) in [6.07, 6.45) is 1.56. The molecule has 0 radical (unpaired) electrons. The van der Waals surface area contributed by atoms with Crippen LogP contribution in [0.4, 0.5) is 0 Å². The summed E-state index contributed by atoms with van der Waals surface area (Å²) in [5.74, 6) is 0.458. The minimum Gasteiger partial charge on any atom is -0.459 e. The number of hydrogen-bond donors (Lipinski definition) is 2. The van der Waals surface area contributed by atoms with Crippen molar-refractivity contribution in [2.45, 2.75) is 13.8 Å². The zero-order valence-electron chi connectivity index (χ0n) is 8.54. The molecule has 1 rings (SSSR count). The Kier molecular flexibility index (Phi) is 3.71. The Morgan fingerprint density at radius 3 is 2.93 bits per heavy atom. The van der Waals surface area contributed by atoms with Crippen LogP contribution in [0, 0.1) is 12.8 Å². The van der Waals surface area contributed by atoms with E-state index in [2.05, 4.69) is 5.32 Å². The van der Waals surface area contributed by atoms with Crippen molar-refractivity contribution in [3.05, 3.63) is 23.7 Å². The summed E-state index contributed by atoms with van der Waals surface area (Å²) in [7, 11) is 0. The first-order valence-corrected chi connectivity index (χ1v) is 4.67. The van der Waals surface area contributed by atoms with E-state index in [0.29, 0.717) is 18.8 Å². The molecular formula is C10H16N2O2. The molecule has 1 unspecified atom stereocenters. The number of hydrogen-bond acceptors (Lipinski definition) is 3. The first-order valence-electron chi connectivity index (χ1n) is 4.67. The van der Waals surface area contributed by atoms with Crippen LogP contribution in [0.25, 0.3) is 0 Å². The quantitative estimate of drug-likeness (QED) is 0.752. The van der Waals surface area contributed by atoms with Crippen molar-refractivity contribution in [2.24, 2.45) is 11.7 Å². The van der Waals surface area contributed by atoms with Crippen LogP contribution in [0.5, 0.6) is 0 Å². The minimum atomic E-state index is -0.182. The third-order valence-electron chi connectivity index (χ3n) is 1.97. The van der Waals surface area contributed by atoms with Gasteiger partial charge in [0.15, 0.2) is 5.76 Å². The van der Waals surface area contributed by atoms with Gasteiger partial charge >= 0.3 is 0 Å². The van der Waals surface area contributed by atoms with E-state index >= 15 is 0 Å². The third kappa shape index (κ3) is 2.88. The van der Waals surface area contributed by atoms with Gasteiger partial charge in [-0.15, -0.1) is 0 Å². The minimum absolute atomic E-state index is 0.182. The summed E-state index contributed by atoms with van der Waals surface area (Å²) in [6, 6.07) is 1.71. The van der Waals surface area contributed by atoms with Crippen LogP contribution < -0.4 is 11.1 Å². The lowest BCUT2D eigenvalue weighted by Gasteiger charge is -2.08. The predicted octanol–water partition coefficient (Wildman–Crippen LogP) is 0.913. The molecule has 1 amide bonds. The summed E-state index contributed by atoms with van der Waals surface area (Å²) >= 11 is 0. The number of aryl methyl sites for hydroxylation is 1. The molecule has 0 aliphatic carbocycles. The van der Waals surface area contributed by atoms with E-state index in [1.807, 2.05) is 13.8 Å². The number of nitrogens with two attached hydrogens (primary N) is 1. The number of amides is 1. The van der Waals surface area contributed by atoms with Crippen LogP contribution in [-0.2, 0) is 0 Å². The van der Waals surface area contributed by atoms with Crippen molar-refractivity contribution >= 4 is 5.91 Å². The Morgan fingerprint density at radius 2 is 2.43 bits per heavy atom. The van der Waals surface area contributed by atoms with Crippen LogP contribution >= 0.6 is 0 Å². The molecule has 0 spiro atoms. The van der Waals surface area contributed by atoms with E-state index in [4.69, 9.17) is 10.2 Å². The van der Waals surface area contributed by atoms with Gasteiger partial charge in [0.25, 0.3) is 5.91 Å². The molecule has 4 heteroatoms. The van der Waals surface area contributed by atoms with Crippen LogP contribution in [0.15, 0.2) is 16.7 Å². The average molecular weight is 196 g/mol. The average Bonchev–Trinajstić information content (AvgIpc) is 2.60. The van der Waals surface area contributed by atoms with E-state index in [9.17, 15) is 4.79 Å². The molecule has 78 valence electrons. The molecule has 3 N–H and O–H groups in total. The molecule has 0 aromatic carbocycles. The Balaban J connectivity index is 2.43. The maximum Gasteiger partial charge on any atom is 0.286 e. The fraction of sp³-hybridized carbons (Fsp3) is 0.500. The molecule has 0 bridgehead atoms. The fourth-order valence-corrected chi connectivity index (χ4v) is 0.988. The lowest BCUT2D eigenvalue weighted by Crippen LogP contribution is -2.30. The maximum atomic E-state index is 11.4. The van der Waals surface area contributed by atoms with Gasteiger partial charge in [0, 0.05) is 6.54 Å². The molecule has 4 nitrogen and oxygen atoms in total. The molecule has 0 aliphatic heterocycles. The predicted molar refractivity (Wildman–Crippen MR) is 54.0 cm³/mol.